The molecule has 1 aromatic carbocycles. The van der Waals surface area contributed by atoms with E-state index in [1.165, 1.54) is 12.1 Å². The molecule has 0 saturated carbocycles. The summed E-state index contributed by atoms with van der Waals surface area (Å²) in [7, 11) is 3.66. The molecule has 0 spiro atoms. The van der Waals surface area contributed by atoms with E-state index < -0.39 is 0 Å². The largest absolute Gasteiger partial charge is 0.507 e. The van der Waals surface area contributed by atoms with Crippen LogP contribution in [0.4, 0.5) is 5.69 Å². The highest BCUT2D eigenvalue weighted by atomic mass is 16.3. The topological polar surface area (TPSA) is 43.7 Å². The van der Waals surface area contributed by atoms with Crippen molar-refractivity contribution in [2.24, 2.45) is 0 Å². The quantitative estimate of drug-likeness (QED) is 0.630. The first-order valence-corrected chi connectivity index (χ1v) is 3.22. The van der Waals surface area contributed by atoms with E-state index in [1.807, 2.05) is 14.1 Å². The Morgan fingerprint density at radius 3 is 2.00 bits per heavy atom. The van der Waals surface area contributed by atoms with Crippen LogP contribution in [0.3, 0.4) is 0 Å². The van der Waals surface area contributed by atoms with Crippen LogP contribution in [-0.2, 0) is 0 Å². The summed E-state index contributed by atoms with van der Waals surface area (Å²) in [5.74, 6) is -0.0950. The fourth-order valence-electron chi connectivity index (χ4n) is 0.783. The highest BCUT2D eigenvalue weighted by molar-refractivity contribution is 5.53. The molecule has 1 rings (SSSR count). The molecule has 3 heteroatoms. The molecule has 59 valence electrons. The van der Waals surface area contributed by atoms with Crippen molar-refractivity contribution in [3.05, 3.63) is 18.2 Å². The van der Waals surface area contributed by atoms with E-state index in [0.29, 0.717) is 0 Å². The molecule has 0 aliphatic carbocycles. The maximum absolute atomic E-state index is 9.00. The van der Waals surface area contributed by atoms with E-state index in [2.05, 4.69) is 6.07 Å². The second-order valence-electron chi connectivity index (χ2n) is 2.50. The van der Waals surface area contributed by atoms with Crippen LogP contribution in [0, 0.1) is 6.07 Å². The summed E-state index contributed by atoms with van der Waals surface area (Å²) in [5, 5.41) is 18.0. The van der Waals surface area contributed by atoms with Crippen molar-refractivity contribution >= 4 is 5.69 Å². The molecule has 1 aromatic rings. The lowest BCUT2D eigenvalue weighted by atomic mass is 10.2. The molecule has 0 aliphatic heterocycles. The predicted molar refractivity (Wildman–Crippen MR) is 42.9 cm³/mol. The third-order valence-corrected chi connectivity index (χ3v) is 1.34. The Morgan fingerprint density at radius 2 is 1.64 bits per heavy atom. The lowest BCUT2D eigenvalue weighted by Gasteiger charge is -2.12. The minimum absolute atomic E-state index is 0.0475. The number of nitrogens with zero attached hydrogens (tertiary/aromatic N) is 1. The number of hydrogen-bond donors (Lipinski definition) is 2. The number of phenolic OH excluding ortho intramolecular Hbond substituents is 2. The first-order valence-electron chi connectivity index (χ1n) is 3.22. The van der Waals surface area contributed by atoms with Crippen molar-refractivity contribution in [2.45, 2.75) is 0 Å². The number of benzene rings is 1. The first-order chi connectivity index (χ1) is 5.09. The molecular formula is C8H10NO2. The SMILES string of the molecule is CN(C)c1cc(O)[c]c(O)c1. The molecule has 0 unspecified atom stereocenters. The number of anilines is 1. The zero-order chi connectivity index (χ0) is 8.43. The van der Waals surface area contributed by atoms with Crippen LogP contribution in [0.15, 0.2) is 12.1 Å². The van der Waals surface area contributed by atoms with E-state index >= 15 is 0 Å². The van der Waals surface area contributed by atoms with E-state index in [4.69, 9.17) is 10.2 Å². The molecule has 0 heterocycles. The third-order valence-electron chi connectivity index (χ3n) is 1.34. The summed E-state index contributed by atoms with van der Waals surface area (Å²) in [5.41, 5.74) is 0.749. The molecule has 0 aromatic heterocycles. The van der Waals surface area contributed by atoms with Crippen LogP contribution in [0.5, 0.6) is 11.5 Å². The van der Waals surface area contributed by atoms with Crippen LogP contribution >= 0.6 is 0 Å². The van der Waals surface area contributed by atoms with Crippen LogP contribution in [0.2, 0.25) is 0 Å². The third kappa shape index (κ3) is 1.77. The minimum atomic E-state index is -0.0475. The van der Waals surface area contributed by atoms with E-state index in [1.54, 1.807) is 4.90 Å². The minimum Gasteiger partial charge on any atom is -0.507 e. The highest BCUT2D eigenvalue weighted by Crippen LogP contribution is 2.24. The summed E-state index contributed by atoms with van der Waals surface area (Å²) in [6, 6.07) is 5.40. The molecule has 2 N–H and O–H groups in total. The Kier molecular flexibility index (Phi) is 1.89. The Labute approximate surface area is 65.5 Å². The van der Waals surface area contributed by atoms with Crippen molar-refractivity contribution in [1.82, 2.24) is 0 Å². The van der Waals surface area contributed by atoms with Crippen LogP contribution < -0.4 is 4.90 Å². The Bertz CT molecular complexity index is 238. The van der Waals surface area contributed by atoms with Gasteiger partial charge >= 0.3 is 0 Å². The van der Waals surface area contributed by atoms with Crippen molar-refractivity contribution in [1.29, 1.82) is 0 Å². The molecule has 11 heavy (non-hydrogen) atoms. The van der Waals surface area contributed by atoms with Gasteiger partial charge in [-0.15, -0.1) is 0 Å². The van der Waals surface area contributed by atoms with Gasteiger partial charge in [-0.25, -0.2) is 0 Å². The average molecular weight is 152 g/mol. The van der Waals surface area contributed by atoms with Crippen molar-refractivity contribution in [3.8, 4) is 11.5 Å². The second-order valence-corrected chi connectivity index (χ2v) is 2.50. The summed E-state index contributed by atoms with van der Waals surface area (Å²) in [6.45, 7) is 0. The van der Waals surface area contributed by atoms with E-state index in [0.717, 1.165) is 5.69 Å². The summed E-state index contributed by atoms with van der Waals surface area (Å²) in [6.07, 6.45) is 0. The number of rotatable bonds is 1. The van der Waals surface area contributed by atoms with Gasteiger partial charge in [0.15, 0.2) is 0 Å². The van der Waals surface area contributed by atoms with Crippen molar-refractivity contribution < 1.29 is 10.2 Å². The van der Waals surface area contributed by atoms with Gasteiger partial charge in [-0.3, -0.25) is 0 Å². The van der Waals surface area contributed by atoms with Crippen LogP contribution in [0.1, 0.15) is 0 Å². The lowest BCUT2D eigenvalue weighted by molar-refractivity contribution is 0.448. The number of phenols is 2. The van der Waals surface area contributed by atoms with Crippen LogP contribution in [-0.4, -0.2) is 24.3 Å². The van der Waals surface area contributed by atoms with Gasteiger partial charge < -0.3 is 15.1 Å². The molecule has 0 fully saturated rings. The number of hydrogen-bond acceptors (Lipinski definition) is 3. The Balaban J connectivity index is 3.08. The van der Waals surface area contributed by atoms with Crippen LogP contribution in [0.25, 0.3) is 0 Å². The molecule has 0 aliphatic rings. The van der Waals surface area contributed by atoms with Crippen molar-refractivity contribution in [3.63, 3.8) is 0 Å². The molecule has 0 saturated heterocycles. The maximum atomic E-state index is 9.00. The van der Waals surface area contributed by atoms with Gasteiger partial charge in [0.1, 0.15) is 11.5 Å². The zero-order valence-electron chi connectivity index (χ0n) is 6.50. The van der Waals surface area contributed by atoms with Gasteiger partial charge in [-0.1, -0.05) is 0 Å². The lowest BCUT2D eigenvalue weighted by Crippen LogP contribution is -2.07. The zero-order valence-corrected chi connectivity index (χ0v) is 6.50. The van der Waals surface area contributed by atoms with Gasteiger partial charge in [0, 0.05) is 31.9 Å². The molecular weight excluding hydrogens is 142 g/mol. The second kappa shape index (κ2) is 2.70. The standard InChI is InChI=1S/C8H10NO2/c1-9(2)6-3-7(10)5-8(11)4-6/h3-4,10-11H,1-2H3. The molecule has 0 atom stereocenters. The fourth-order valence-corrected chi connectivity index (χ4v) is 0.783. The van der Waals surface area contributed by atoms with Gasteiger partial charge in [0.05, 0.1) is 6.07 Å². The maximum Gasteiger partial charge on any atom is 0.129 e. The summed E-state index contributed by atoms with van der Waals surface area (Å²) in [4.78, 5) is 1.78. The average Bonchev–Trinajstić information content (AvgIpc) is 1.85. The first kappa shape index (κ1) is 7.72. The number of aromatic hydroxyl groups is 2. The van der Waals surface area contributed by atoms with Gasteiger partial charge in [-0.05, 0) is 0 Å². The van der Waals surface area contributed by atoms with Gasteiger partial charge in [-0.2, -0.15) is 0 Å². The van der Waals surface area contributed by atoms with E-state index in [-0.39, 0.29) is 11.5 Å². The summed E-state index contributed by atoms with van der Waals surface area (Å²) >= 11 is 0. The molecule has 0 amide bonds. The predicted octanol–water partition coefficient (Wildman–Crippen LogP) is 0.964. The molecule has 0 bridgehead atoms. The summed E-state index contributed by atoms with van der Waals surface area (Å²) < 4.78 is 0. The fraction of sp³-hybridized carbons (Fsp3) is 0.250. The smallest absolute Gasteiger partial charge is 0.129 e. The normalized spacial score (nSPS) is 9.64. The molecule has 3 nitrogen and oxygen atoms in total. The highest BCUT2D eigenvalue weighted by Gasteiger charge is 1.99. The van der Waals surface area contributed by atoms with Gasteiger partial charge in [0.2, 0.25) is 0 Å². The Hall–Kier alpha value is -1.38. The van der Waals surface area contributed by atoms with E-state index in [9.17, 15) is 0 Å². The monoisotopic (exact) mass is 152 g/mol. The Morgan fingerprint density at radius 1 is 1.18 bits per heavy atom. The molecule has 1 radical (unpaired) electrons. The van der Waals surface area contributed by atoms with Crippen molar-refractivity contribution in [2.75, 3.05) is 19.0 Å². The van der Waals surface area contributed by atoms with Gasteiger partial charge in [0.25, 0.3) is 0 Å².